The Balaban J connectivity index is 2.31. The Labute approximate surface area is 105 Å². The minimum atomic E-state index is -0.226. The van der Waals surface area contributed by atoms with Gasteiger partial charge in [-0.25, -0.2) is 4.98 Å². The standard InChI is InChI=1S/C13H16N2OS/c1-9(2)16-12-6-4-3-5-10(12)13(14)11-7-17-8-15-11/h3-9,13H,14H2,1-2H3. The predicted molar refractivity (Wildman–Crippen MR) is 70.4 cm³/mol. The predicted octanol–water partition coefficient (Wildman–Crippen LogP) is 2.98. The monoisotopic (exact) mass is 248 g/mol. The quantitative estimate of drug-likeness (QED) is 0.905. The van der Waals surface area contributed by atoms with Gasteiger partial charge in [-0.05, 0) is 19.9 Å². The second-order valence-corrected chi connectivity index (χ2v) is 4.81. The average Bonchev–Trinajstić information content (AvgIpc) is 2.81. The van der Waals surface area contributed by atoms with E-state index in [9.17, 15) is 0 Å². The highest BCUT2D eigenvalue weighted by molar-refractivity contribution is 7.07. The van der Waals surface area contributed by atoms with Crippen molar-refractivity contribution in [2.75, 3.05) is 0 Å². The number of aromatic nitrogens is 1. The molecule has 0 aliphatic heterocycles. The lowest BCUT2D eigenvalue weighted by atomic mass is 10.0. The zero-order chi connectivity index (χ0) is 12.3. The van der Waals surface area contributed by atoms with Crippen LogP contribution in [-0.2, 0) is 0 Å². The summed E-state index contributed by atoms with van der Waals surface area (Å²) in [6.07, 6.45) is 0.138. The molecule has 17 heavy (non-hydrogen) atoms. The molecule has 0 saturated carbocycles. The van der Waals surface area contributed by atoms with Gasteiger partial charge in [0, 0.05) is 10.9 Å². The van der Waals surface area contributed by atoms with Crippen molar-refractivity contribution in [1.82, 2.24) is 4.98 Å². The molecule has 4 heteroatoms. The molecule has 0 bridgehead atoms. The molecule has 0 spiro atoms. The molecule has 0 amide bonds. The molecular weight excluding hydrogens is 232 g/mol. The van der Waals surface area contributed by atoms with E-state index in [-0.39, 0.29) is 12.1 Å². The van der Waals surface area contributed by atoms with Gasteiger partial charge in [-0.3, -0.25) is 0 Å². The molecule has 1 aromatic carbocycles. The Morgan fingerprint density at radius 1 is 1.29 bits per heavy atom. The van der Waals surface area contributed by atoms with Crippen LogP contribution in [0.5, 0.6) is 5.75 Å². The molecular formula is C13H16N2OS. The highest BCUT2D eigenvalue weighted by Gasteiger charge is 2.15. The van der Waals surface area contributed by atoms with Crippen molar-refractivity contribution >= 4 is 11.3 Å². The number of ether oxygens (including phenoxy) is 1. The number of benzene rings is 1. The Morgan fingerprint density at radius 2 is 2.06 bits per heavy atom. The summed E-state index contributed by atoms with van der Waals surface area (Å²) in [6.45, 7) is 4.01. The molecule has 0 aliphatic rings. The topological polar surface area (TPSA) is 48.1 Å². The third-order valence-electron chi connectivity index (χ3n) is 2.39. The molecule has 2 rings (SSSR count). The van der Waals surface area contributed by atoms with Crippen LogP contribution in [0.1, 0.15) is 31.1 Å². The van der Waals surface area contributed by atoms with Crippen LogP contribution in [0.15, 0.2) is 35.2 Å². The van der Waals surface area contributed by atoms with Gasteiger partial charge in [0.25, 0.3) is 0 Å². The zero-order valence-electron chi connectivity index (χ0n) is 9.96. The third kappa shape index (κ3) is 2.84. The summed E-state index contributed by atoms with van der Waals surface area (Å²) in [5.74, 6) is 0.836. The summed E-state index contributed by atoms with van der Waals surface area (Å²) in [4.78, 5) is 4.25. The number of nitrogens with zero attached hydrogens (tertiary/aromatic N) is 1. The number of hydrogen-bond donors (Lipinski definition) is 1. The first-order chi connectivity index (χ1) is 8.18. The average molecular weight is 248 g/mol. The first-order valence-corrected chi connectivity index (χ1v) is 6.52. The number of para-hydroxylation sites is 1. The molecule has 3 nitrogen and oxygen atoms in total. The summed E-state index contributed by atoms with van der Waals surface area (Å²) in [6, 6.07) is 7.63. The van der Waals surface area contributed by atoms with Crippen molar-refractivity contribution in [2.45, 2.75) is 26.0 Å². The van der Waals surface area contributed by atoms with Gasteiger partial charge in [-0.15, -0.1) is 11.3 Å². The van der Waals surface area contributed by atoms with Crippen LogP contribution in [-0.4, -0.2) is 11.1 Å². The van der Waals surface area contributed by atoms with Crippen LogP contribution in [0, 0.1) is 0 Å². The third-order valence-corrected chi connectivity index (χ3v) is 2.99. The van der Waals surface area contributed by atoms with E-state index in [2.05, 4.69) is 4.98 Å². The van der Waals surface area contributed by atoms with Gasteiger partial charge in [-0.2, -0.15) is 0 Å². The van der Waals surface area contributed by atoms with Gasteiger partial charge in [0.15, 0.2) is 0 Å². The smallest absolute Gasteiger partial charge is 0.124 e. The zero-order valence-corrected chi connectivity index (χ0v) is 10.8. The molecule has 1 heterocycles. The van der Waals surface area contributed by atoms with Crippen molar-refractivity contribution in [3.8, 4) is 5.75 Å². The second kappa shape index (κ2) is 5.29. The fraction of sp³-hybridized carbons (Fsp3) is 0.308. The van der Waals surface area contributed by atoms with Gasteiger partial charge >= 0.3 is 0 Å². The van der Waals surface area contributed by atoms with E-state index in [1.165, 1.54) is 0 Å². The number of rotatable bonds is 4. The Bertz CT molecular complexity index is 468. The van der Waals surface area contributed by atoms with E-state index in [0.717, 1.165) is 17.0 Å². The minimum Gasteiger partial charge on any atom is -0.491 e. The molecule has 1 aromatic heterocycles. The lowest BCUT2D eigenvalue weighted by molar-refractivity contribution is 0.239. The van der Waals surface area contributed by atoms with E-state index in [1.54, 1.807) is 16.8 Å². The van der Waals surface area contributed by atoms with E-state index in [1.807, 2.05) is 43.5 Å². The van der Waals surface area contributed by atoms with Crippen LogP contribution in [0.3, 0.4) is 0 Å². The first-order valence-electron chi connectivity index (χ1n) is 5.57. The van der Waals surface area contributed by atoms with Crippen LogP contribution >= 0.6 is 11.3 Å². The van der Waals surface area contributed by atoms with Crippen molar-refractivity contribution in [1.29, 1.82) is 0 Å². The molecule has 1 atom stereocenters. The van der Waals surface area contributed by atoms with Crippen molar-refractivity contribution in [3.05, 3.63) is 46.4 Å². The van der Waals surface area contributed by atoms with Crippen molar-refractivity contribution < 1.29 is 4.74 Å². The summed E-state index contributed by atoms with van der Waals surface area (Å²) in [5, 5.41) is 1.97. The fourth-order valence-electron chi connectivity index (χ4n) is 1.63. The lowest BCUT2D eigenvalue weighted by Gasteiger charge is -2.17. The van der Waals surface area contributed by atoms with Gasteiger partial charge in [-0.1, -0.05) is 18.2 Å². The Kier molecular flexibility index (Phi) is 3.76. The summed E-state index contributed by atoms with van der Waals surface area (Å²) in [7, 11) is 0. The molecule has 2 N–H and O–H groups in total. The second-order valence-electron chi connectivity index (χ2n) is 4.10. The van der Waals surface area contributed by atoms with Crippen LogP contribution in [0.2, 0.25) is 0 Å². The molecule has 0 radical (unpaired) electrons. The maximum absolute atomic E-state index is 6.20. The fourth-order valence-corrected chi connectivity index (χ4v) is 2.22. The van der Waals surface area contributed by atoms with E-state index in [4.69, 9.17) is 10.5 Å². The van der Waals surface area contributed by atoms with Crippen LogP contribution in [0.4, 0.5) is 0 Å². The van der Waals surface area contributed by atoms with Gasteiger partial charge in [0.05, 0.1) is 23.4 Å². The van der Waals surface area contributed by atoms with Gasteiger partial charge in [0.2, 0.25) is 0 Å². The van der Waals surface area contributed by atoms with Gasteiger partial charge in [0.1, 0.15) is 5.75 Å². The SMILES string of the molecule is CC(C)Oc1ccccc1C(N)c1cscn1. The number of thiazole rings is 1. The summed E-state index contributed by atoms with van der Waals surface area (Å²) in [5.41, 5.74) is 9.86. The minimum absolute atomic E-state index is 0.138. The lowest BCUT2D eigenvalue weighted by Crippen LogP contribution is -2.15. The van der Waals surface area contributed by atoms with E-state index in [0.29, 0.717) is 0 Å². The highest BCUT2D eigenvalue weighted by Crippen LogP contribution is 2.28. The summed E-state index contributed by atoms with van der Waals surface area (Å²) >= 11 is 1.55. The normalized spacial score (nSPS) is 12.7. The van der Waals surface area contributed by atoms with Crippen molar-refractivity contribution in [2.24, 2.45) is 5.73 Å². The molecule has 0 saturated heterocycles. The molecule has 2 aromatic rings. The molecule has 0 aliphatic carbocycles. The van der Waals surface area contributed by atoms with E-state index >= 15 is 0 Å². The van der Waals surface area contributed by atoms with Crippen molar-refractivity contribution in [3.63, 3.8) is 0 Å². The van der Waals surface area contributed by atoms with E-state index < -0.39 is 0 Å². The summed E-state index contributed by atoms with van der Waals surface area (Å²) < 4.78 is 5.76. The number of hydrogen-bond acceptors (Lipinski definition) is 4. The molecule has 0 fully saturated rings. The Hall–Kier alpha value is -1.39. The maximum atomic E-state index is 6.20. The van der Waals surface area contributed by atoms with Gasteiger partial charge < -0.3 is 10.5 Å². The number of nitrogens with two attached hydrogens (primary N) is 1. The first kappa shape index (κ1) is 12.1. The highest BCUT2D eigenvalue weighted by atomic mass is 32.1. The Morgan fingerprint density at radius 3 is 2.71 bits per heavy atom. The molecule has 1 unspecified atom stereocenters. The van der Waals surface area contributed by atoms with Crippen LogP contribution in [0.25, 0.3) is 0 Å². The molecule has 90 valence electrons. The van der Waals surface area contributed by atoms with Crippen LogP contribution < -0.4 is 10.5 Å². The maximum Gasteiger partial charge on any atom is 0.124 e. The largest absolute Gasteiger partial charge is 0.491 e.